The number of carbonyl (C=O) groups excluding carboxylic acids is 1. The molecule has 3 heterocycles. The van der Waals surface area contributed by atoms with Crippen molar-refractivity contribution in [3.63, 3.8) is 0 Å². The number of nitrogens with one attached hydrogen (secondary N) is 2. The van der Waals surface area contributed by atoms with Crippen molar-refractivity contribution in [3.05, 3.63) is 36.7 Å². The van der Waals surface area contributed by atoms with Gasteiger partial charge in [-0.3, -0.25) is 13.9 Å². The van der Waals surface area contributed by atoms with Crippen LogP contribution in [0.3, 0.4) is 0 Å². The standard InChI is InChI=1S/C24H33FN7O7P/c1-13(2)37-21(34)14(3)31-40(35,39-15-9-7-6-8-10-15)36-11-16-18(33)24(4,25)22(38-16)32-12-28-17-19(27-5)29-23(26)30-20(17)32/h6-10,12-14,16,18,22,33H,11H2,1-5H3,(H,31,35)(H3,26,27,29,30)/t14-,16-,18-,22?,24-,40?/m1/s1. The van der Waals surface area contributed by atoms with Crippen molar-refractivity contribution in [2.45, 2.75) is 63.9 Å². The summed E-state index contributed by atoms with van der Waals surface area (Å²) in [5, 5.41) is 16.2. The summed E-state index contributed by atoms with van der Waals surface area (Å²) in [6, 6.07) is 7.05. The quantitative estimate of drug-likeness (QED) is 0.191. The number of esters is 1. The van der Waals surface area contributed by atoms with Crippen LogP contribution in [0.15, 0.2) is 36.7 Å². The summed E-state index contributed by atoms with van der Waals surface area (Å²) in [4.78, 5) is 24.8. The van der Waals surface area contributed by atoms with Gasteiger partial charge in [0.1, 0.15) is 24.0 Å². The molecule has 0 radical (unpaired) electrons. The molecule has 0 saturated carbocycles. The third-order valence-electron chi connectivity index (χ3n) is 6.08. The number of ether oxygens (including phenoxy) is 2. The fourth-order valence-electron chi connectivity index (χ4n) is 4.14. The minimum atomic E-state index is -4.28. The Morgan fingerprint density at radius 3 is 2.65 bits per heavy atom. The first-order valence-corrected chi connectivity index (χ1v) is 14.1. The Balaban J connectivity index is 1.56. The highest BCUT2D eigenvalue weighted by Gasteiger charge is 2.56. The lowest BCUT2D eigenvalue weighted by molar-refractivity contribution is -0.149. The van der Waals surface area contributed by atoms with E-state index in [1.54, 1.807) is 51.2 Å². The number of rotatable bonds is 11. The number of aliphatic hydroxyl groups is 1. The first kappa shape index (κ1) is 29.6. The van der Waals surface area contributed by atoms with Crippen LogP contribution in [0.5, 0.6) is 5.75 Å². The molecule has 5 N–H and O–H groups in total. The highest BCUT2D eigenvalue weighted by atomic mass is 31.2. The summed E-state index contributed by atoms with van der Waals surface area (Å²) in [6.45, 7) is 5.37. The number of fused-ring (bicyclic) bond motifs is 1. The molecular formula is C24H33FN7O7P. The number of nitrogen functional groups attached to an aromatic ring is 1. The average molecular weight is 582 g/mol. The second-order valence-corrected chi connectivity index (χ2v) is 11.4. The maximum absolute atomic E-state index is 16.0. The molecule has 1 fully saturated rings. The maximum atomic E-state index is 16.0. The average Bonchev–Trinajstić information content (AvgIpc) is 3.40. The molecule has 16 heteroatoms. The van der Waals surface area contributed by atoms with E-state index < -0.39 is 56.6 Å². The number of hydrogen-bond donors (Lipinski definition) is 4. The second kappa shape index (κ2) is 11.6. The normalized spacial score (nSPS) is 25.1. The van der Waals surface area contributed by atoms with Gasteiger partial charge in [0.2, 0.25) is 5.95 Å². The molecule has 0 aliphatic carbocycles. The van der Waals surface area contributed by atoms with Gasteiger partial charge in [-0.1, -0.05) is 18.2 Å². The largest absolute Gasteiger partial charge is 0.462 e. The van der Waals surface area contributed by atoms with Crippen molar-refractivity contribution >= 4 is 36.6 Å². The monoisotopic (exact) mass is 581 g/mol. The second-order valence-electron chi connectivity index (χ2n) is 9.66. The third-order valence-corrected chi connectivity index (χ3v) is 7.72. The van der Waals surface area contributed by atoms with Crippen molar-refractivity contribution in [2.24, 2.45) is 0 Å². The molecule has 4 rings (SSSR count). The number of benzene rings is 1. The number of para-hydroxylation sites is 1. The molecule has 0 spiro atoms. The highest BCUT2D eigenvalue weighted by molar-refractivity contribution is 7.52. The van der Waals surface area contributed by atoms with E-state index >= 15 is 4.39 Å². The van der Waals surface area contributed by atoms with Crippen molar-refractivity contribution in [1.29, 1.82) is 0 Å². The van der Waals surface area contributed by atoms with Gasteiger partial charge in [0.05, 0.1) is 19.0 Å². The number of hydrogen-bond acceptors (Lipinski definition) is 12. The van der Waals surface area contributed by atoms with E-state index in [0.29, 0.717) is 11.3 Å². The molecule has 1 saturated heterocycles. The van der Waals surface area contributed by atoms with E-state index in [-0.39, 0.29) is 17.3 Å². The summed E-state index contributed by atoms with van der Waals surface area (Å²) >= 11 is 0. The smallest absolute Gasteiger partial charge is 0.459 e. The van der Waals surface area contributed by atoms with Crippen molar-refractivity contribution < 1.29 is 37.4 Å². The Morgan fingerprint density at radius 2 is 2.00 bits per heavy atom. The van der Waals surface area contributed by atoms with Crippen molar-refractivity contribution in [2.75, 3.05) is 24.7 Å². The Labute approximate surface area is 230 Å². The topological polar surface area (TPSA) is 185 Å². The van der Waals surface area contributed by atoms with Gasteiger partial charge in [0.15, 0.2) is 28.9 Å². The molecule has 40 heavy (non-hydrogen) atoms. The van der Waals surface area contributed by atoms with E-state index in [9.17, 15) is 14.5 Å². The molecule has 0 amide bonds. The fraction of sp³-hybridized carbons (Fsp3) is 0.500. The number of anilines is 2. The van der Waals surface area contributed by atoms with Gasteiger partial charge in [0, 0.05) is 7.05 Å². The Bertz CT molecular complexity index is 1390. The Morgan fingerprint density at radius 1 is 1.30 bits per heavy atom. The predicted molar refractivity (Wildman–Crippen MR) is 143 cm³/mol. The van der Waals surface area contributed by atoms with Crippen molar-refractivity contribution in [3.8, 4) is 5.75 Å². The van der Waals surface area contributed by atoms with Crippen LogP contribution in [0.25, 0.3) is 11.2 Å². The number of alkyl halides is 1. The molecule has 2 aromatic heterocycles. The van der Waals surface area contributed by atoms with Gasteiger partial charge in [-0.15, -0.1) is 0 Å². The SMILES string of the molecule is CNc1nc(N)nc2c1ncn2C1O[C@H](COP(=O)(N[C@H](C)C(=O)OC(C)C)Oc2ccccc2)[C@@H](O)[C@@]1(C)F. The third kappa shape index (κ3) is 6.18. The summed E-state index contributed by atoms with van der Waals surface area (Å²) in [6.07, 6.45) is -3.52. The Kier molecular flexibility index (Phi) is 8.61. The van der Waals surface area contributed by atoms with Gasteiger partial charge in [-0.2, -0.15) is 15.1 Å². The van der Waals surface area contributed by atoms with E-state index in [1.807, 2.05) is 0 Å². The van der Waals surface area contributed by atoms with Crippen LogP contribution in [0.2, 0.25) is 0 Å². The van der Waals surface area contributed by atoms with Crippen molar-refractivity contribution in [1.82, 2.24) is 24.6 Å². The van der Waals surface area contributed by atoms with Gasteiger partial charge < -0.3 is 30.2 Å². The van der Waals surface area contributed by atoms with Crippen LogP contribution in [-0.2, 0) is 23.4 Å². The van der Waals surface area contributed by atoms with Crippen LogP contribution >= 0.6 is 7.75 Å². The molecule has 6 atom stereocenters. The van der Waals surface area contributed by atoms with E-state index in [1.165, 1.54) is 17.8 Å². The van der Waals surface area contributed by atoms with Crippen LogP contribution in [0, 0.1) is 0 Å². The number of nitrogens with two attached hydrogens (primary N) is 1. The minimum absolute atomic E-state index is 0.0761. The summed E-state index contributed by atoms with van der Waals surface area (Å²) in [7, 11) is -2.66. The number of halogens is 1. The van der Waals surface area contributed by atoms with Gasteiger partial charge >= 0.3 is 13.7 Å². The minimum Gasteiger partial charge on any atom is -0.462 e. The van der Waals surface area contributed by atoms with E-state index in [4.69, 9.17) is 24.3 Å². The summed E-state index contributed by atoms with van der Waals surface area (Å²) in [5.41, 5.74) is 3.94. The number of aromatic nitrogens is 4. The van der Waals surface area contributed by atoms with Crippen LogP contribution in [0.4, 0.5) is 16.2 Å². The summed E-state index contributed by atoms with van der Waals surface area (Å²) < 4.78 is 53.2. The molecule has 3 aromatic rings. The number of nitrogens with zero attached hydrogens (tertiary/aromatic N) is 4. The molecule has 218 valence electrons. The number of aliphatic hydroxyl groups excluding tert-OH is 1. The van der Waals surface area contributed by atoms with E-state index in [2.05, 4.69) is 25.4 Å². The van der Waals surface area contributed by atoms with Gasteiger partial charge in [-0.25, -0.2) is 13.9 Å². The van der Waals surface area contributed by atoms with Gasteiger partial charge in [-0.05, 0) is 39.8 Å². The predicted octanol–water partition coefficient (Wildman–Crippen LogP) is 2.57. The first-order valence-electron chi connectivity index (χ1n) is 12.5. The first-order chi connectivity index (χ1) is 18.8. The zero-order chi connectivity index (χ0) is 29.2. The summed E-state index contributed by atoms with van der Waals surface area (Å²) in [5.74, 6) is -0.243. The molecule has 1 aliphatic rings. The van der Waals surface area contributed by atoms with Crippen LogP contribution < -0.4 is 20.7 Å². The molecule has 0 bridgehead atoms. The molecule has 1 aromatic carbocycles. The zero-order valence-electron chi connectivity index (χ0n) is 22.6. The molecular weight excluding hydrogens is 548 g/mol. The van der Waals surface area contributed by atoms with Crippen LogP contribution in [-0.4, -0.2) is 74.3 Å². The molecule has 14 nitrogen and oxygen atoms in total. The molecule has 1 aliphatic heterocycles. The van der Waals surface area contributed by atoms with Gasteiger partial charge in [0.25, 0.3) is 0 Å². The lowest BCUT2D eigenvalue weighted by atomic mass is 9.98. The fourth-order valence-corrected chi connectivity index (χ4v) is 5.64. The number of imidazole rings is 1. The highest BCUT2D eigenvalue weighted by Crippen LogP contribution is 2.48. The van der Waals surface area contributed by atoms with Crippen LogP contribution in [0.1, 0.15) is 33.9 Å². The Hall–Kier alpha value is -3.36. The number of carbonyl (C=O) groups is 1. The zero-order valence-corrected chi connectivity index (χ0v) is 23.5. The molecule has 2 unspecified atom stereocenters. The lowest BCUT2D eigenvalue weighted by Crippen LogP contribution is -2.41. The van der Waals surface area contributed by atoms with E-state index in [0.717, 1.165) is 6.92 Å². The maximum Gasteiger partial charge on any atom is 0.459 e. The lowest BCUT2D eigenvalue weighted by Gasteiger charge is -2.25.